The quantitative estimate of drug-likeness (QED) is 0.357. The number of ether oxygens (including phenoxy) is 1. The molecule has 4 rings (SSSR count). The van der Waals surface area contributed by atoms with Crippen molar-refractivity contribution >= 4 is 34.2 Å². The Kier molecular flexibility index (Phi) is 7.07. The molecule has 1 aromatic heterocycles. The second kappa shape index (κ2) is 10.5. The van der Waals surface area contributed by atoms with Crippen molar-refractivity contribution in [3.8, 4) is 5.75 Å². The van der Waals surface area contributed by atoms with Crippen LogP contribution >= 0.6 is 0 Å². The summed E-state index contributed by atoms with van der Waals surface area (Å²) in [6.45, 7) is 0.676. The summed E-state index contributed by atoms with van der Waals surface area (Å²) in [6, 6.07) is 23.0. The molecule has 0 atom stereocenters. The lowest BCUT2D eigenvalue weighted by atomic mass is 10.1. The summed E-state index contributed by atoms with van der Waals surface area (Å²) in [5.74, 6) is 1.16. The van der Waals surface area contributed by atoms with Crippen molar-refractivity contribution in [3.63, 3.8) is 0 Å². The van der Waals surface area contributed by atoms with E-state index >= 15 is 0 Å². The zero-order valence-electron chi connectivity index (χ0n) is 19.2. The van der Waals surface area contributed by atoms with E-state index in [0.29, 0.717) is 18.1 Å². The number of anilines is 2. The van der Waals surface area contributed by atoms with Gasteiger partial charge in [-0.2, -0.15) is 5.10 Å². The van der Waals surface area contributed by atoms with Crippen molar-refractivity contribution in [2.24, 2.45) is 0 Å². The molecule has 0 unspecified atom stereocenters. The van der Waals surface area contributed by atoms with Gasteiger partial charge in [-0.3, -0.25) is 14.7 Å². The van der Waals surface area contributed by atoms with E-state index < -0.39 is 0 Å². The fourth-order valence-electron chi connectivity index (χ4n) is 3.57. The van der Waals surface area contributed by atoms with Crippen molar-refractivity contribution in [1.29, 1.82) is 0 Å². The lowest BCUT2D eigenvalue weighted by molar-refractivity contribution is -0.119. The van der Waals surface area contributed by atoms with Crippen LogP contribution in [-0.2, 0) is 22.6 Å². The Morgan fingerprint density at radius 1 is 0.971 bits per heavy atom. The molecule has 0 bridgehead atoms. The maximum Gasteiger partial charge on any atom is 0.239 e. The predicted molar refractivity (Wildman–Crippen MR) is 133 cm³/mol. The molecule has 0 aliphatic carbocycles. The van der Waals surface area contributed by atoms with Crippen LogP contribution in [0.4, 0.5) is 11.5 Å². The summed E-state index contributed by atoms with van der Waals surface area (Å²) in [5, 5.41) is 13.6. The summed E-state index contributed by atoms with van der Waals surface area (Å²) in [7, 11) is 3.39. The Morgan fingerprint density at radius 2 is 1.74 bits per heavy atom. The Morgan fingerprint density at radius 3 is 2.47 bits per heavy atom. The lowest BCUT2D eigenvalue weighted by Crippen LogP contribution is -2.33. The fourth-order valence-corrected chi connectivity index (χ4v) is 3.57. The molecule has 8 heteroatoms. The van der Waals surface area contributed by atoms with Crippen LogP contribution in [0.3, 0.4) is 0 Å². The number of nitrogens with one attached hydrogen (secondary N) is 3. The van der Waals surface area contributed by atoms with Gasteiger partial charge in [0.15, 0.2) is 5.82 Å². The van der Waals surface area contributed by atoms with E-state index in [1.165, 1.54) is 0 Å². The molecule has 8 nitrogen and oxygen atoms in total. The van der Waals surface area contributed by atoms with Gasteiger partial charge in [0, 0.05) is 25.2 Å². The number of hydrogen-bond acceptors (Lipinski definition) is 5. The molecule has 4 aromatic rings. The van der Waals surface area contributed by atoms with Gasteiger partial charge in [-0.1, -0.05) is 42.5 Å². The van der Waals surface area contributed by atoms with Gasteiger partial charge in [0.05, 0.1) is 18.5 Å². The van der Waals surface area contributed by atoms with Gasteiger partial charge in [-0.05, 0) is 41.5 Å². The highest BCUT2D eigenvalue weighted by atomic mass is 16.5. The lowest BCUT2D eigenvalue weighted by Gasteiger charge is -2.15. The van der Waals surface area contributed by atoms with Crippen molar-refractivity contribution < 1.29 is 14.3 Å². The van der Waals surface area contributed by atoms with Gasteiger partial charge in [0.2, 0.25) is 11.8 Å². The molecule has 34 heavy (non-hydrogen) atoms. The minimum Gasteiger partial charge on any atom is -0.489 e. The topological polar surface area (TPSA) is 99.4 Å². The van der Waals surface area contributed by atoms with Crippen LogP contribution in [0.1, 0.15) is 11.1 Å². The number of fused-ring (bicyclic) bond motifs is 1. The summed E-state index contributed by atoms with van der Waals surface area (Å²) >= 11 is 0. The standard InChI is InChI=1S/C26H27N5O3/c1-27-25(33)16-31(2)26-22-15-20(10-13-23(22)29-30-26)28-24(32)14-18-8-11-21(12-9-18)34-17-19-6-4-3-5-7-19/h3-13,15H,14,16-17H2,1-2H3,(H,27,33)(H,28,32)(H,29,30). The van der Waals surface area contributed by atoms with Crippen molar-refractivity contribution in [3.05, 3.63) is 83.9 Å². The zero-order chi connectivity index (χ0) is 23.9. The van der Waals surface area contributed by atoms with E-state index in [9.17, 15) is 9.59 Å². The van der Waals surface area contributed by atoms with Crippen LogP contribution in [0, 0.1) is 0 Å². The Balaban J connectivity index is 1.36. The average molecular weight is 458 g/mol. The minimum atomic E-state index is -0.124. The summed E-state index contributed by atoms with van der Waals surface area (Å²) in [5.41, 5.74) is 3.47. The second-order valence-corrected chi connectivity index (χ2v) is 7.98. The highest BCUT2D eigenvalue weighted by Gasteiger charge is 2.14. The van der Waals surface area contributed by atoms with E-state index in [0.717, 1.165) is 27.8 Å². The molecule has 0 aliphatic heterocycles. The highest BCUT2D eigenvalue weighted by Crippen LogP contribution is 2.26. The van der Waals surface area contributed by atoms with E-state index in [-0.39, 0.29) is 24.8 Å². The van der Waals surface area contributed by atoms with Crippen molar-refractivity contribution in [2.75, 3.05) is 30.9 Å². The number of aromatic nitrogens is 2. The van der Waals surface area contributed by atoms with Gasteiger partial charge in [-0.15, -0.1) is 0 Å². The number of likely N-dealkylation sites (N-methyl/N-ethyl adjacent to an activating group) is 2. The highest BCUT2D eigenvalue weighted by molar-refractivity contribution is 5.98. The third-order valence-electron chi connectivity index (χ3n) is 5.38. The first-order valence-electron chi connectivity index (χ1n) is 11.0. The number of amides is 2. The monoisotopic (exact) mass is 457 g/mol. The number of rotatable bonds is 9. The molecule has 174 valence electrons. The molecular weight excluding hydrogens is 430 g/mol. The fraction of sp³-hybridized carbons (Fsp3) is 0.192. The van der Waals surface area contributed by atoms with E-state index in [1.54, 1.807) is 19.0 Å². The zero-order valence-corrected chi connectivity index (χ0v) is 19.2. The van der Waals surface area contributed by atoms with Crippen LogP contribution in [0.2, 0.25) is 0 Å². The number of carbonyl (C=O) groups excluding carboxylic acids is 2. The van der Waals surface area contributed by atoms with Gasteiger partial charge in [0.25, 0.3) is 0 Å². The van der Waals surface area contributed by atoms with Crippen LogP contribution in [0.5, 0.6) is 5.75 Å². The number of aromatic amines is 1. The van der Waals surface area contributed by atoms with Crippen molar-refractivity contribution in [1.82, 2.24) is 15.5 Å². The first-order chi connectivity index (χ1) is 16.5. The minimum absolute atomic E-state index is 0.111. The molecule has 0 saturated heterocycles. The maximum absolute atomic E-state index is 12.6. The summed E-state index contributed by atoms with van der Waals surface area (Å²) in [4.78, 5) is 26.1. The molecular formula is C26H27N5O3. The number of carbonyl (C=O) groups is 2. The molecule has 0 radical (unpaired) electrons. The van der Waals surface area contributed by atoms with Crippen LogP contribution in [0.25, 0.3) is 10.9 Å². The molecule has 3 N–H and O–H groups in total. The second-order valence-electron chi connectivity index (χ2n) is 7.98. The SMILES string of the molecule is CNC(=O)CN(C)c1n[nH]c2ccc(NC(=O)Cc3ccc(OCc4ccccc4)cc3)cc12. The Bertz CT molecular complexity index is 1270. The molecule has 2 amide bonds. The normalized spacial score (nSPS) is 10.6. The van der Waals surface area contributed by atoms with E-state index in [4.69, 9.17) is 4.74 Å². The summed E-state index contributed by atoms with van der Waals surface area (Å²) < 4.78 is 5.80. The maximum atomic E-state index is 12.6. The first kappa shape index (κ1) is 22.8. The third-order valence-corrected chi connectivity index (χ3v) is 5.38. The molecule has 3 aromatic carbocycles. The van der Waals surface area contributed by atoms with E-state index in [2.05, 4.69) is 20.8 Å². The number of benzene rings is 3. The third kappa shape index (κ3) is 5.72. The molecule has 1 heterocycles. The summed E-state index contributed by atoms with van der Waals surface area (Å²) in [6.07, 6.45) is 0.242. The molecule has 0 aliphatic rings. The van der Waals surface area contributed by atoms with Gasteiger partial charge >= 0.3 is 0 Å². The van der Waals surface area contributed by atoms with Crippen LogP contribution in [-0.4, -0.2) is 42.7 Å². The Labute approximate surface area is 197 Å². The van der Waals surface area contributed by atoms with Crippen molar-refractivity contribution in [2.45, 2.75) is 13.0 Å². The smallest absolute Gasteiger partial charge is 0.239 e. The van der Waals surface area contributed by atoms with E-state index in [1.807, 2.05) is 72.8 Å². The predicted octanol–water partition coefficient (Wildman–Crippen LogP) is 3.51. The molecule has 0 fully saturated rings. The molecule has 0 spiro atoms. The first-order valence-corrected chi connectivity index (χ1v) is 11.0. The largest absolute Gasteiger partial charge is 0.489 e. The number of hydrogen-bond donors (Lipinski definition) is 3. The molecule has 0 saturated carbocycles. The number of H-pyrrole nitrogens is 1. The Hall–Kier alpha value is -4.33. The average Bonchev–Trinajstić information content (AvgIpc) is 3.27. The van der Waals surface area contributed by atoms with Crippen LogP contribution in [0.15, 0.2) is 72.8 Å². The van der Waals surface area contributed by atoms with Gasteiger partial charge < -0.3 is 20.3 Å². The van der Waals surface area contributed by atoms with Crippen LogP contribution < -0.4 is 20.3 Å². The van der Waals surface area contributed by atoms with Gasteiger partial charge in [-0.25, -0.2) is 0 Å². The number of nitrogens with zero attached hydrogens (tertiary/aromatic N) is 2. The van der Waals surface area contributed by atoms with Gasteiger partial charge in [0.1, 0.15) is 12.4 Å².